The Hall–Kier alpha value is -2.08. The molecule has 0 aliphatic rings. The zero-order valence-electron chi connectivity index (χ0n) is 15.8. The van der Waals surface area contributed by atoms with Crippen molar-refractivity contribution in [3.63, 3.8) is 0 Å². The van der Waals surface area contributed by atoms with E-state index in [0.29, 0.717) is 17.9 Å². The predicted molar refractivity (Wildman–Crippen MR) is 100 cm³/mol. The molecule has 0 aromatic heterocycles. The molecule has 1 aromatic rings. The molecule has 6 heteroatoms. The largest absolute Gasteiger partial charge is 0.465 e. The van der Waals surface area contributed by atoms with Crippen molar-refractivity contribution in [2.24, 2.45) is 0 Å². The Balaban J connectivity index is 2.90. The summed E-state index contributed by atoms with van der Waals surface area (Å²) < 4.78 is 10.00. The van der Waals surface area contributed by atoms with Gasteiger partial charge in [0.05, 0.1) is 18.4 Å². The van der Waals surface area contributed by atoms with Gasteiger partial charge in [0, 0.05) is 25.9 Å². The number of carbonyl (C=O) groups is 2. The van der Waals surface area contributed by atoms with Gasteiger partial charge < -0.3 is 19.7 Å². The fraction of sp³-hybridized carbons (Fsp3) is 0.579. The van der Waals surface area contributed by atoms with E-state index < -0.39 is 5.97 Å². The quantitative estimate of drug-likeness (QED) is 0.489. The molecule has 1 rings (SSSR count). The van der Waals surface area contributed by atoms with Crippen LogP contribution in [-0.4, -0.2) is 45.8 Å². The van der Waals surface area contributed by atoms with E-state index in [9.17, 15) is 9.59 Å². The number of esters is 1. The highest BCUT2D eigenvalue weighted by Gasteiger charge is 2.20. The smallest absolute Gasteiger partial charge is 0.339 e. The van der Waals surface area contributed by atoms with Crippen molar-refractivity contribution in [3.05, 3.63) is 23.8 Å². The molecule has 6 nitrogen and oxygen atoms in total. The molecule has 0 spiro atoms. The first-order valence-corrected chi connectivity index (χ1v) is 8.85. The number of methoxy groups -OCH3 is 1. The van der Waals surface area contributed by atoms with Crippen molar-refractivity contribution >= 4 is 23.3 Å². The van der Waals surface area contributed by atoms with Crippen molar-refractivity contribution in [3.8, 4) is 0 Å². The standard InChI is InChI=1S/C19H30N2O4/c1-5-7-8-9-12-20-15-10-11-16(19(23)24-4)17(13-15)21(3)18(22)14-25-6-2/h10-11,13,20H,5-9,12,14H2,1-4H3. The number of hydrogen-bond acceptors (Lipinski definition) is 5. The Morgan fingerprint density at radius 2 is 1.92 bits per heavy atom. The highest BCUT2D eigenvalue weighted by Crippen LogP contribution is 2.25. The Morgan fingerprint density at radius 3 is 2.56 bits per heavy atom. The van der Waals surface area contributed by atoms with Gasteiger partial charge in [-0.25, -0.2) is 4.79 Å². The van der Waals surface area contributed by atoms with Gasteiger partial charge in [-0.1, -0.05) is 26.2 Å². The molecule has 0 saturated heterocycles. The fourth-order valence-corrected chi connectivity index (χ4v) is 2.41. The molecule has 0 fully saturated rings. The Morgan fingerprint density at radius 1 is 1.16 bits per heavy atom. The van der Waals surface area contributed by atoms with Crippen LogP contribution in [0.25, 0.3) is 0 Å². The van der Waals surface area contributed by atoms with Crippen LogP contribution in [0.1, 0.15) is 49.9 Å². The van der Waals surface area contributed by atoms with Gasteiger partial charge in [0.25, 0.3) is 5.91 Å². The van der Waals surface area contributed by atoms with Crippen molar-refractivity contribution in [1.29, 1.82) is 0 Å². The van der Waals surface area contributed by atoms with E-state index in [2.05, 4.69) is 12.2 Å². The molecule has 0 heterocycles. The molecule has 140 valence electrons. The monoisotopic (exact) mass is 350 g/mol. The summed E-state index contributed by atoms with van der Waals surface area (Å²) in [5, 5.41) is 3.34. The van der Waals surface area contributed by atoms with E-state index >= 15 is 0 Å². The lowest BCUT2D eigenvalue weighted by atomic mass is 10.1. The number of hydrogen-bond donors (Lipinski definition) is 1. The maximum absolute atomic E-state index is 12.2. The lowest BCUT2D eigenvalue weighted by Gasteiger charge is -2.21. The lowest BCUT2D eigenvalue weighted by Crippen LogP contribution is -2.31. The van der Waals surface area contributed by atoms with Crippen LogP contribution in [0.4, 0.5) is 11.4 Å². The van der Waals surface area contributed by atoms with Gasteiger partial charge in [0.2, 0.25) is 0 Å². The molecule has 0 bridgehead atoms. The number of anilines is 2. The summed E-state index contributed by atoms with van der Waals surface area (Å²) >= 11 is 0. The van der Waals surface area contributed by atoms with Crippen molar-refractivity contribution in [1.82, 2.24) is 0 Å². The Labute approximate surface area is 150 Å². The third-order valence-electron chi connectivity index (χ3n) is 3.93. The number of amides is 1. The number of rotatable bonds is 11. The molecule has 1 N–H and O–H groups in total. The zero-order valence-corrected chi connectivity index (χ0v) is 15.8. The van der Waals surface area contributed by atoms with E-state index in [1.165, 1.54) is 31.3 Å². The molecule has 1 aromatic carbocycles. The molecule has 0 aliphatic carbocycles. The SMILES string of the molecule is CCCCCCNc1ccc(C(=O)OC)c(N(C)C(=O)COCC)c1. The number of likely N-dealkylation sites (N-methyl/N-ethyl adjacent to an activating group) is 1. The summed E-state index contributed by atoms with van der Waals surface area (Å²) in [4.78, 5) is 25.7. The topological polar surface area (TPSA) is 67.9 Å². The van der Waals surface area contributed by atoms with Gasteiger partial charge in [-0.2, -0.15) is 0 Å². The van der Waals surface area contributed by atoms with Gasteiger partial charge in [0.1, 0.15) is 6.61 Å². The van der Waals surface area contributed by atoms with Crippen molar-refractivity contribution in [2.45, 2.75) is 39.5 Å². The van der Waals surface area contributed by atoms with E-state index in [-0.39, 0.29) is 12.5 Å². The number of carbonyl (C=O) groups excluding carboxylic acids is 2. The second-order valence-electron chi connectivity index (χ2n) is 5.80. The van der Waals surface area contributed by atoms with Crippen LogP contribution in [0.5, 0.6) is 0 Å². The van der Waals surface area contributed by atoms with Gasteiger partial charge >= 0.3 is 5.97 Å². The van der Waals surface area contributed by atoms with Crippen LogP contribution in [0.15, 0.2) is 18.2 Å². The number of ether oxygens (including phenoxy) is 2. The minimum atomic E-state index is -0.472. The summed E-state index contributed by atoms with van der Waals surface area (Å²) in [6.45, 7) is 5.30. The molecular formula is C19H30N2O4. The second-order valence-corrected chi connectivity index (χ2v) is 5.80. The van der Waals surface area contributed by atoms with E-state index in [4.69, 9.17) is 9.47 Å². The fourth-order valence-electron chi connectivity index (χ4n) is 2.41. The van der Waals surface area contributed by atoms with Gasteiger partial charge in [-0.3, -0.25) is 4.79 Å². The maximum Gasteiger partial charge on any atom is 0.339 e. The number of benzene rings is 1. The van der Waals surface area contributed by atoms with Gasteiger partial charge in [-0.15, -0.1) is 0 Å². The average Bonchev–Trinajstić information content (AvgIpc) is 2.64. The Bertz CT molecular complexity index is 560. The minimum absolute atomic E-state index is 0.0255. The summed E-state index contributed by atoms with van der Waals surface area (Å²) in [5.41, 5.74) is 1.73. The third kappa shape index (κ3) is 6.74. The van der Waals surface area contributed by atoms with Crippen LogP contribution < -0.4 is 10.2 Å². The van der Waals surface area contributed by atoms with Crippen molar-refractivity contribution < 1.29 is 19.1 Å². The van der Waals surface area contributed by atoms with Crippen LogP contribution in [0, 0.1) is 0 Å². The number of unbranched alkanes of at least 4 members (excludes halogenated alkanes) is 3. The zero-order chi connectivity index (χ0) is 18.7. The van der Waals surface area contributed by atoms with Crippen LogP contribution in [-0.2, 0) is 14.3 Å². The Kier molecular flexibility index (Phi) is 9.62. The first kappa shape index (κ1) is 21.0. The van der Waals surface area contributed by atoms with E-state index in [1.807, 2.05) is 13.0 Å². The molecule has 0 aliphatic heterocycles. The molecule has 0 saturated carbocycles. The van der Waals surface area contributed by atoms with E-state index in [1.54, 1.807) is 19.2 Å². The van der Waals surface area contributed by atoms with Crippen LogP contribution in [0.2, 0.25) is 0 Å². The highest BCUT2D eigenvalue weighted by atomic mass is 16.5. The van der Waals surface area contributed by atoms with Gasteiger partial charge in [0.15, 0.2) is 0 Å². The van der Waals surface area contributed by atoms with E-state index in [0.717, 1.165) is 18.7 Å². The predicted octanol–water partition coefficient (Wildman–Crippen LogP) is 3.46. The normalized spacial score (nSPS) is 10.4. The molecule has 0 radical (unpaired) electrons. The van der Waals surface area contributed by atoms with Gasteiger partial charge in [-0.05, 0) is 31.5 Å². The number of nitrogens with zero attached hydrogens (tertiary/aromatic N) is 1. The van der Waals surface area contributed by atoms with Crippen LogP contribution in [0.3, 0.4) is 0 Å². The summed E-state index contributed by atoms with van der Waals surface area (Å²) in [6, 6.07) is 5.31. The first-order chi connectivity index (χ1) is 12.0. The molecule has 0 unspecified atom stereocenters. The van der Waals surface area contributed by atoms with Crippen molar-refractivity contribution in [2.75, 3.05) is 44.1 Å². The molecule has 0 atom stereocenters. The lowest BCUT2D eigenvalue weighted by molar-refractivity contribution is -0.122. The number of nitrogens with one attached hydrogen (secondary N) is 1. The minimum Gasteiger partial charge on any atom is -0.465 e. The first-order valence-electron chi connectivity index (χ1n) is 8.85. The molecule has 25 heavy (non-hydrogen) atoms. The third-order valence-corrected chi connectivity index (χ3v) is 3.93. The molecule has 1 amide bonds. The average molecular weight is 350 g/mol. The van der Waals surface area contributed by atoms with Crippen LogP contribution >= 0.6 is 0 Å². The maximum atomic E-state index is 12.2. The highest BCUT2D eigenvalue weighted by molar-refractivity contribution is 6.03. The second kappa shape index (κ2) is 11.5. The summed E-state index contributed by atoms with van der Waals surface area (Å²) in [6.07, 6.45) is 4.69. The molecular weight excluding hydrogens is 320 g/mol. The summed E-state index contributed by atoms with van der Waals surface area (Å²) in [5.74, 6) is -0.687. The summed E-state index contributed by atoms with van der Waals surface area (Å²) in [7, 11) is 2.96.